The number of hydrogen-bond donors (Lipinski definition) is 0. The molecule has 0 saturated heterocycles. The van der Waals surface area contributed by atoms with E-state index in [2.05, 4.69) is 114 Å². The van der Waals surface area contributed by atoms with Crippen LogP contribution in [0.5, 0.6) is 0 Å². The van der Waals surface area contributed by atoms with Gasteiger partial charge in [-0.2, -0.15) is 0 Å². The number of benzene rings is 3. The van der Waals surface area contributed by atoms with Crippen LogP contribution in [0.1, 0.15) is 11.1 Å². The van der Waals surface area contributed by atoms with Crippen molar-refractivity contribution in [1.29, 1.82) is 0 Å². The van der Waals surface area contributed by atoms with E-state index in [1.807, 2.05) is 6.08 Å². The Kier molecular flexibility index (Phi) is 5.36. The van der Waals surface area contributed by atoms with Crippen LogP contribution >= 0.6 is 22.6 Å². The van der Waals surface area contributed by atoms with Crippen molar-refractivity contribution in [1.82, 2.24) is 0 Å². The summed E-state index contributed by atoms with van der Waals surface area (Å²) in [4.78, 5) is 2.28. The van der Waals surface area contributed by atoms with E-state index < -0.39 is 0 Å². The van der Waals surface area contributed by atoms with Gasteiger partial charge in [-0.3, -0.25) is 0 Å². The predicted molar refractivity (Wildman–Crippen MR) is 112 cm³/mol. The molecule has 0 amide bonds. The van der Waals surface area contributed by atoms with Crippen LogP contribution in [0, 0.1) is 10.5 Å². The van der Waals surface area contributed by atoms with Crippen molar-refractivity contribution in [2.45, 2.75) is 13.3 Å². The van der Waals surface area contributed by atoms with Crippen LogP contribution in [-0.2, 0) is 6.42 Å². The fourth-order valence-corrected chi connectivity index (χ4v) is 3.04. The highest BCUT2D eigenvalue weighted by Gasteiger charge is 2.12. The van der Waals surface area contributed by atoms with Gasteiger partial charge >= 0.3 is 0 Å². The third-order valence-corrected chi connectivity index (χ3v) is 4.67. The normalized spacial score (nSPS) is 10.4. The molecule has 0 radical (unpaired) electrons. The smallest absolute Gasteiger partial charge is 0.0462 e. The highest BCUT2D eigenvalue weighted by atomic mass is 127. The van der Waals surface area contributed by atoms with E-state index in [9.17, 15) is 0 Å². The Hall–Kier alpha value is -2.07. The summed E-state index contributed by atoms with van der Waals surface area (Å²) in [5.74, 6) is 0. The summed E-state index contributed by atoms with van der Waals surface area (Å²) in [5.41, 5.74) is 6.03. The Labute approximate surface area is 157 Å². The zero-order valence-corrected chi connectivity index (χ0v) is 15.9. The summed E-state index contributed by atoms with van der Waals surface area (Å²) in [5, 5.41) is 0. The molecule has 0 saturated carbocycles. The van der Waals surface area contributed by atoms with Crippen LogP contribution in [0.4, 0.5) is 17.1 Å². The molecule has 0 bridgehead atoms. The minimum absolute atomic E-state index is 0.897. The molecule has 3 aromatic rings. The van der Waals surface area contributed by atoms with E-state index in [0.717, 1.165) is 17.8 Å². The summed E-state index contributed by atoms with van der Waals surface area (Å²) >= 11 is 2.34. The lowest BCUT2D eigenvalue weighted by atomic mass is 10.1. The first-order chi connectivity index (χ1) is 11.7. The minimum Gasteiger partial charge on any atom is -0.311 e. The summed E-state index contributed by atoms with van der Waals surface area (Å²) in [6.07, 6.45) is 2.83. The van der Waals surface area contributed by atoms with E-state index in [1.165, 1.54) is 20.4 Å². The molecule has 0 aromatic heterocycles. The monoisotopic (exact) mass is 425 g/mol. The van der Waals surface area contributed by atoms with Crippen molar-refractivity contribution in [3.8, 4) is 0 Å². The Balaban J connectivity index is 2.05. The van der Waals surface area contributed by atoms with Gasteiger partial charge in [0.15, 0.2) is 0 Å². The van der Waals surface area contributed by atoms with E-state index in [-0.39, 0.29) is 0 Å². The molecule has 3 aromatic carbocycles. The van der Waals surface area contributed by atoms with Gasteiger partial charge in [-0.25, -0.2) is 0 Å². The number of anilines is 3. The molecule has 0 fully saturated rings. The van der Waals surface area contributed by atoms with Crippen molar-refractivity contribution in [3.63, 3.8) is 0 Å². The zero-order chi connectivity index (χ0) is 16.9. The number of nitrogens with zero attached hydrogens (tertiary/aromatic N) is 1. The Morgan fingerprint density at radius 3 is 1.75 bits per heavy atom. The molecule has 0 spiro atoms. The summed E-state index contributed by atoms with van der Waals surface area (Å²) in [6.45, 7) is 5.93. The average Bonchev–Trinajstić information content (AvgIpc) is 2.60. The van der Waals surface area contributed by atoms with Crippen LogP contribution in [0.15, 0.2) is 85.5 Å². The summed E-state index contributed by atoms with van der Waals surface area (Å²) in [6, 6.07) is 26.0. The second kappa shape index (κ2) is 7.67. The highest BCUT2D eigenvalue weighted by Crippen LogP contribution is 2.34. The second-order valence-corrected chi connectivity index (χ2v) is 7.05. The molecule has 1 nitrogen and oxygen atoms in total. The van der Waals surface area contributed by atoms with Gasteiger partial charge in [0.25, 0.3) is 0 Å². The summed E-state index contributed by atoms with van der Waals surface area (Å²) < 4.78 is 1.24. The van der Waals surface area contributed by atoms with Gasteiger partial charge in [-0.15, -0.1) is 6.58 Å². The molecule has 0 heterocycles. The largest absolute Gasteiger partial charge is 0.311 e. The molecule has 120 valence electrons. The van der Waals surface area contributed by atoms with Gasteiger partial charge in [-0.05, 0) is 90.0 Å². The molecular formula is C22H20IN. The number of halogens is 1. The van der Waals surface area contributed by atoms with Crippen molar-refractivity contribution in [2.75, 3.05) is 4.90 Å². The van der Waals surface area contributed by atoms with E-state index in [0.29, 0.717) is 0 Å². The quantitative estimate of drug-likeness (QED) is 0.321. The third kappa shape index (κ3) is 3.88. The van der Waals surface area contributed by atoms with E-state index in [1.54, 1.807) is 0 Å². The van der Waals surface area contributed by atoms with Gasteiger partial charge in [0, 0.05) is 20.6 Å². The van der Waals surface area contributed by atoms with Crippen LogP contribution in [-0.4, -0.2) is 0 Å². The molecule has 2 heteroatoms. The maximum absolute atomic E-state index is 3.81. The zero-order valence-electron chi connectivity index (χ0n) is 13.7. The topological polar surface area (TPSA) is 3.24 Å². The van der Waals surface area contributed by atoms with Crippen LogP contribution in [0.25, 0.3) is 0 Å². The molecular weight excluding hydrogens is 405 g/mol. The number of rotatable bonds is 5. The number of hydrogen-bond acceptors (Lipinski definition) is 1. The Bertz CT molecular complexity index is 757. The lowest BCUT2D eigenvalue weighted by molar-refractivity contribution is 1.24. The minimum atomic E-state index is 0.897. The van der Waals surface area contributed by atoms with E-state index >= 15 is 0 Å². The van der Waals surface area contributed by atoms with Crippen LogP contribution in [0.2, 0.25) is 0 Å². The maximum atomic E-state index is 3.81. The second-order valence-electron chi connectivity index (χ2n) is 5.81. The molecule has 0 aliphatic carbocycles. The van der Waals surface area contributed by atoms with Gasteiger partial charge in [0.2, 0.25) is 0 Å². The summed E-state index contributed by atoms with van der Waals surface area (Å²) in [7, 11) is 0. The molecule has 24 heavy (non-hydrogen) atoms. The molecule has 0 atom stereocenters. The SMILES string of the molecule is C=CCc1ccc(N(c2ccc(C)cc2)c2ccc(I)cc2)cc1. The predicted octanol–water partition coefficient (Wildman–Crippen LogP) is 6.80. The third-order valence-electron chi connectivity index (χ3n) is 3.95. The number of aryl methyl sites for hydroxylation is 1. The first-order valence-electron chi connectivity index (χ1n) is 7.99. The van der Waals surface area contributed by atoms with Crippen molar-refractivity contribution >= 4 is 39.7 Å². The van der Waals surface area contributed by atoms with E-state index in [4.69, 9.17) is 0 Å². The van der Waals surface area contributed by atoms with Crippen LogP contribution < -0.4 is 4.90 Å². The molecule has 0 aliphatic heterocycles. The van der Waals surface area contributed by atoms with Crippen LogP contribution in [0.3, 0.4) is 0 Å². The van der Waals surface area contributed by atoms with Gasteiger partial charge in [0.1, 0.15) is 0 Å². The first-order valence-corrected chi connectivity index (χ1v) is 9.07. The molecule has 0 aliphatic rings. The van der Waals surface area contributed by atoms with Crippen molar-refractivity contribution < 1.29 is 0 Å². The molecule has 3 rings (SSSR count). The van der Waals surface area contributed by atoms with Gasteiger partial charge in [0.05, 0.1) is 0 Å². The Morgan fingerprint density at radius 2 is 1.25 bits per heavy atom. The Morgan fingerprint density at radius 1 is 0.792 bits per heavy atom. The molecule has 0 N–H and O–H groups in total. The number of allylic oxidation sites excluding steroid dienone is 1. The highest BCUT2D eigenvalue weighted by molar-refractivity contribution is 14.1. The molecule has 0 unspecified atom stereocenters. The maximum Gasteiger partial charge on any atom is 0.0462 e. The average molecular weight is 425 g/mol. The lowest BCUT2D eigenvalue weighted by Crippen LogP contribution is -2.09. The standard InChI is InChI=1S/C22H20IN/c1-3-4-18-7-13-21(14-8-18)24(20-11-5-17(2)6-12-20)22-15-9-19(23)10-16-22/h3,5-16H,1,4H2,2H3. The fraction of sp³-hybridized carbons (Fsp3) is 0.0909. The first kappa shape index (κ1) is 16.8. The van der Waals surface area contributed by atoms with Gasteiger partial charge < -0.3 is 4.90 Å². The van der Waals surface area contributed by atoms with Crippen molar-refractivity contribution in [3.05, 3.63) is 100 Å². The fourth-order valence-electron chi connectivity index (χ4n) is 2.68. The lowest BCUT2D eigenvalue weighted by Gasteiger charge is -2.25. The van der Waals surface area contributed by atoms with Gasteiger partial charge in [-0.1, -0.05) is 35.9 Å². The van der Waals surface area contributed by atoms with Crippen molar-refractivity contribution in [2.24, 2.45) is 0 Å².